The van der Waals surface area contributed by atoms with Gasteiger partial charge in [-0.15, -0.1) is 0 Å². The summed E-state index contributed by atoms with van der Waals surface area (Å²) in [5, 5.41) is 10.0. The van der Waals surface area contributed by atoms with Gasteiger partial charge in [0.1, 0.15) is 6.10 Å². The van der Waals surface area contributed by atoms with E-state index in [4.69, 9.17) is 4.74 Å². The topological polar surface area (TPSA) is 46.5 Å². The van der Waals surface area contributed by atoms with E-state index in [1.54, 1.807) is 12.5 Å². The van der Waals surface area contributed by atoms with Crippen molar-refractivity contribution in [3.63, 3.8) is 0 Å². The molecule has 0 saturated heterocycles. The molecular weight excluding hydrogens is 384 g/mol. The van der Waals surface area contributed by atoms with Gasteiger partial charge in [-0.2, -0.15) is 0 Å². The number of aliphatic hydroxyl groups is 1. The Morgan fingerprint density at radius 1 is 1.13 bits per heavy atom. The zero-order valence-electron chi connectivity index (χ0n) is 20.7. The van der Waals surface area contributed by atoms with Crippen LogP contribution in [0.3, 0.4) is 0 Å². The van der Waals surface area contributed by atoms with Crippen LogP contribution >= 0.6 is 0 Å². The summed E-state index contributed by atoms with van der Waals surface area (Å²) in [5.74, 6) is 3.29. The number of esters is 1. The van der Waals surface area contributed by atoms with Crippen LogP contribution in [0, 0.1) is 34.5 Å². The van der Waals surface area contributed by atoms with E-state index in [-0.39, 0.29) is 12.1 Å². The molecule has 0 bridgehead atoms. The van der Waals surface area contributed by atoms with Gasteiger partial charge >= 0.3 is 5.97 Å². The maximum Gasteiger partial charge on any atom is 0.302 e. The van der Waals surface area contributed by atoms with Crippen molar-refractivity contribution >= 4 is 5.97 Å². The number of fused-ring (bicyclic) bond motifs is 5. The molecule has 1 unspecified atom stereocenters. The minimum Gasteiger partial charge on any atom is -0.462 e. The van der Waals surface area contributed by atoms with Crippen LogP contribution in [0.2, 0.25) is 0 Å². The van der Waals surface area contributed by atoms with Crippen LogP contribution in [0.4, 0.5) is 0 Å². The summed E-state index contributed by atoms with van der Waals surface area (Å²) < 4.78 is 5.59. The van der Waals surface area contributed by atoms with Gasteiger partial charge in [-0.1, -0.05) is 38.3 Å². The predicted octanol–water partition coefficient (Wildman–Crippen LogP) is 6.83. The molecule has 0 aromatic heterocycles. The van der Waals surface area contributed by atoms with Gasteiger partial charge < -0.3 is 9.84 Å². The van der Waals surface area contributed by atoms with Crippen LogP contribution in [-0.2, 0) is 9.53 Å². The molecule has 31 heavy (non-hydrogen) atoms. The Balaban J connectivity index is 1.42. The third kappa shape index (κ3) is 4.50. The predicted molar refractivity (Wildman–Crippen MR) is 126 cm³/mol. The second-order valence-corrected chi connectivity index (χ2v) is 12.6. The molecule has 0 heterocycles. The molecule has 3 heteroatoms. The molecule has 0 spiro atoms. The molecule has 1 N–H and O–H groups in total. The first-order valence-electron chi connectivity index (χ1n) is 13.1. The fraction of sp³-hybridized carbons (Fsp3) is 0.893. The van der Waals surface area contributed by atoms with Gasteiger partial charge in [-0.3, -0.25) is 4.79 Å². The zero-order chi connectivity index (χ0) is 22.4. The molecule has 7 atom stereocenters. The molecular formula is C28H46O3. The summed E-state index contributed by atoms with van der Waals surface area (Å²) in [6.07, 6.45) is 17.4. The van der Waals surface area contributed by atoms with Crippen LogP contribution in [0.15, 0.2) is 11.6 Å². The number of unbranched alkanes of at least 4 members (excludes halogenated alkanes) is 1. The Labute approximate surface area is 190 Å². The van der Waals surface area contributed by atoms with Gasteiger partial charge in [-0.05, 0) is 106 Å². The Hall–Kier alpha value is -0.830. The molecule has 4 aliphatic rings. The number of ether oxygens (including phenoxy) is 1. The average Bonchev–Trinajstić information content (AvgIpc) is 3.01. The second kappa shape index (κ2) is 8.50. The highest BCUT2D eigenvalue weighted by molar-refractivity contribution is 5.66. The quantitative estimate of drug-likeness (QED) is 0.285. The number of carbonyl (C=O) groups excluding carboxylic acids is 1. The lowest BCUT2D eigenvalue weighted by atomic mass is 9.47. The molecule has 0 amide bonds. The molecule has 4 aliphatic carbocycles. The summed E-state index contributed by atoms with van der Waals surface area (Å²) in [7, 11) is 0. The maximum atomic E-state index is 11.5. The van der Waals surface area contributed by atoms with Gasteiger partial charge in [0, 0.05) is 13.3 Å². The summed E-state index contributed by atoms with van der Waals surface area (Å²) in [4.78, 5) is 11.5. The van der Waals surface area contributed by atoms with E-state index in [0.29, 0.717) is 10.8 Å². The van der Waals surface area contributed by atoms with Crippen LogP contribution in [0.1, 0.15) is 112 Å². The largest absolute Gasteiger partial charge is 0.462 e. The molecule has 3 saturated carbocycles. The standard InChI is InChI=1S/C28H46O3/c1-19(29)31-22-13-16-28(5)21(18-22)9-11-23-24-12-10-20(8-6-7-15-26(2,3)30)27(24,4)17-14-25(23)28/h9,20,22-25,30H,6-8,10-18H2,1-5H3/t20-,22?,23-,24-,25+,27+,28-/m0/s1. The van der Waals surface area contributed by atoms with E-state index in [0.717, 1.165) is 49.4 Å². The highest BCUT2D eigenvalue weighted by Gasteiger charge is 2.58. The first-order chi connectivity index (χ1) is 14.5. The van der Waals surface area contributed by atoms with Crippen LogP contribution in [0.5, 0.6) is 0 Å². The lowest BCUT2D eigenvalue weighted by molar-refractivity contribution is -0.148. The van der Waals surface area contributed by atoms with Crippen molar-refractivity contribution < 1.29 is 14.6 Å². The van der Waals surface area contributed by atoms with Crippen molar-refractivity contribution in [2.75, 3.05) is 0 Å². The molecule has 3 nitrogen and oxygen atoms in total. The van der Waals surface area contributed by atoms with Gasteiger partial charge in [0.05, 0.1) is 5.60 Å². The summed E-state index contributed by atoms with van der Waals surface area (Å²) in [5.41, 5.74) is 1.92. The Kier molecular flexibility index (Phi) is 6.40. The summed E-state index contributed by atoms with van der Waals surface area (Å²) >= 11 is 0. The van der Waals surface area contributed by atoms with Gasteiger partial charge in [-0.25, -0.2) is 0 Å². The monoisotopic (exact) mass is 430 g/mol. The smallest absolute Gasteiger partial charge is 0.302 e. The third-order valence-corrected chi connectivity index (χ3v) is 10.2. The van der Waals surface area contributed by atoms with Crippen molar-refractivity contribution in [2.45, 2.75) is 123 Å². The normalized spacial score (nSPS) is 42.3. The number of carbonyl (C=O) groups is 1. The number of rotatable bonds is 6. The highest BCUT2D eigenvalue weighted by atomic mass is 16.5. The molecule has 176 valence electrons. The van der Waals surface area contributed by atoms with Gasteiger partial charge in [0.25, 0.3) is 0 Å². The minimum atomic E-state index is -0.518. The van der Waals surface area contributed by atoms with Crippen molar-refractivity contribution in [3.05, 3.63) is 11.6 Å². The van der Waals surface area contributed by atoms with E-state index in [9.17, 15) is 9.90 Å². The van der Waals surface area contributed by atoms with E-state index in [1.807, 2.05) is 13.8 Å². The SMILES string of the molecule is CC(=O)OC1CC[C@@]2(C)C(=CC[C@@H]3[C@H]2CC[C@]2(C)[C@@H](CCCCC(C)(C)O)CC[C@@H]32)C1. The lowest BCUT2D eigenvalue weighted by Gasteiger charge is -2.58. The fourth-order valence-corrected chi connectivity index (χ4v) is 8.49. The van der Waals surface area contributed by atoms with E-state index in [2.05, 4.69) is 19.9 Å². The van der Waals surface area contributed by atoms with Gasteiger partial charge in [0.15, 0.2) is 0 Å². The molecule has 0 aliphatic heterocycles. The number of allylic oxidation sites excluding steroid dienone is 1. The third-order valence-electron chi connectivity index (χ3n) is 10.2. The fourth-order valence-electron chi connectivity index (χ4n) is 8.49. The maximum absolute atomic E-state index is 11.5. The first-order valence-corrected chi connectivity index (χ1v) is 13.1. The van der Waals surface area contributed by atoms with Crippen molar-refractivity contribution in [1.82, 2.24) is 0 Å². The minimum absolute atomic E-state index is 0.0991. The summed E-state index contributed by atoms with van der Waals surface area (Å²) in [6.45, 7) is 10.6. The van der Waals surface area contributed by atoms with E-state index in [1.165, 1.54) is 51.4 Å². The van der Waals surface area contributed by atoms with Crippen molar-refractivity contribution in [2.24, 2.45) is 34.5 Å². The number of hydrogen-bond acceptors (Lipinski definition) is 3. The Bertz CT molecular complexity index is 704. The zero-order valence-corrected chi connectivity index (χ0v) is 20.7. The lowest BCUT2D eigenvalue weighted by Crippen LogP contribution is -2.50. The van der Waals surface area contributed by atoms with Crippen molar-refractivity contribution in [1.29, 1.82) is 0 Å². The highest BCUT2D eigenvalue weighted by Crippen LogP contribution is 2.66. The first kappa shape index (κ1) is 23.3. The van der Waals surface area contributed by atoms with E-state index >= 15 is 0 Å². The van der Waals surface area contributed by atoms with E-state index < -0.39 is 5.60 Å². The second-order valence-electron chi connectivity index (χ2n) is 12.6. The average molecular weight is 431 g/mol. The molecule has 3 fully saturated rings. The summed E-state index contributed by atoms with van der Waals surface area (Å²) in [6, 6.07) is 0. The molecule has 0 aromatic rings. The molecule has 4 rings (SSSR count). The van der Waals surface area contributed by atoms with Gasteiger partial charge in [0.2, 0.25) is 0 Å². The van der Waals surface area contributed by atoms with Crippen LogP contribution in [0.25, 0.3) is 0 Å². The Morgan fingerprint density at radius 3 is 2.61 bits per heavy atom. The Morgan fingerprint density at radius 2 is 1.90 bits per heavy atom. The van der Waals surface area contributed by atoms with Crippen molar-refractivity contribution in [3.8, 4) is 0 Å². The van der Waals surface area contributed by atoms with Crippen LogP contribution in [-0.4, -0.2) is 22.8 Å². The van der Waals surface area contributed by atoms with Crippen LogP contribution < -0.4 is 0 Å². The molecule has 0 aromatic carbocycles. The molecule has 0 radical (unpaired) electrons. The number of hydrogen-bond donors (Lipinski definition) is 1.